The van der Waals surface area contributed by atoms with E-state index < -0.39 is 10.6 Å². The number of nitro groups is 1. The highest BCUT2D eigenvalue weighted by Gasteiger charge is 2.53. The second-order valence-electron chi connectivity index (χ2n) is 6.77. The van der Waals surface area contributed by atoms with Gasteiger partial charge in [0, 0.05) is 23.4 Å². The van der Waals surface area contributed by atoms with Crippen molar-refractivity contribution in [3.8, 4) is 5.75 Å². The van der Waals surface area contributed by atoms with Crippen LogP contribution in [0.4, 0.5) is 11.4 Å². The molecular formula is C20H22BrN3O4S. The van der Waals surface area contributed by atoms with Crippen LogP contribution in [0.2, 0.25) is 0 Å². The van der Waals surface area contributed by atoms with Gasteiger partial charge in [-0.2, -0.15) is 0 Å². The standard InChI is InChI=1S/C20H22N3O4S.BrH/c1-2-27-18-9-7-16(8-10-18)21-14-20(24,22-11-4-12-28-19(21)22)15-5-3-6-17(13-15)23(25)26;/h3,5-10,13,24H,2,4,11-12,14H2,1H3;1H/q+1;/p-1. The summed E-state index contributed by atoms with van der Waals surface area (Å²) in [5.41, 5.74) is 0.166. The van der Waals surface area contributed by atoms with E-state index >= 15 is 0 Å². The minimum Gasteiger partial charge on any atom is -1.00 e. The Balaban J connectivity index is 0.00000240. The average Bonchev–Trinajstić information content (AvgIpc) is 3.03. The first-order valence-corrected chi connectivity index (χ1v) is 10.3. The maximum absolute atomic E-state index is 11.6. The lowest BCUT2D eigenvalue weighted by molar-refractivity contribution is -0.656. The molecule has 154 valence electrons. The van der Waals surface area contributed by atoms with Crippen LogP contribution in [0.5, 0.6) is 5.75 Å². The highest BCUT2D eigenvalue weighted by Crippen LogP contribution is 2.38. The van der Waals surface area contributed by atoms with Gasteiger partial charge in [-0.1, -0.05) is 12.1 Å². The lowest BCUT2D eigenvalue weighted by atomic mass is 10.0. The number of anilines is 1. The molecule has 0 aromatic heterocycles. The molecule has 1 unspecified atom stereocenters. The molecule has 29 heavy (non-hydrogen) atoms. The summed E-state index contributed by atoms with van der Waals surface area (Å²) >= 11 is 1.70. The maximum Gasteiger partial charge on any atom is 0.316 e. The van der Waals surface area contributed by atoms with Crippen molar-refractivity contribution < 1.29 is 36.3 Å². The molecule has 0 fully saturated rings. The van der Waals surface area contributed by atoms with Crippen LogP contribution in [0.25, 0.3) is 0 Å². The van der Waals surface area contributed by atoms with Gasteiger partial charge < -0.3 is 26.8 Å². The molecular weight excluding hydrogens is 458 g/mol. The third kappa shape index (κ3) is 3.99. The van der Waals surface area contributed by atoms with Gasteiger partial charge in [-0.3, -0.25) is 10.1 Å². The molecule has 0 saturated heterocycles. The molecule has 0 bridgehead atoms. The van der Waals surface area contributed by atoms with Crippen molar-refractivity contribution in [3.63, 3.8) is 0 Å². The number of halogens is 1. The summed E-state index contributed by atoms with van der Waals surface area (Å²) in [7, 11) is 0. The fourth-order valence-corrected chi connectivity index (χ4v) is 4.89. The molecule has 0 saturated carbocycles. The lowest BCUT2D eigenvalue weighted by Crippen LogP contribution is -3.00. The van der Waals surface area contributed by atoms with Crippen LogP contribution < -0.4 is 26.6 Å². The van der Waals surface area contributed by atoms with E-state index in [9.17, 15) is 15.2 Å². The van der Waals surface area contributed by atoms with Gasteiger partial charge in [-0.25, -0.2) is 9.48 Å². The zero-order valence-electron chi connectivity index (χ0n) is 16.0. The molecule has 0 amide bonds. The molecule has 7 nitrogen and oxygen atoms in total. The average molecular weight is 480 g/mol. The number of β-amino-alcohol motifs (C(OH)–C–C–N with tert-alkyl or cyclic N) is 1. The number of hydrogen-bond acceptors (Lipinski definition) is 6. The Morgan fingerprint density at radius 2 is 2.07 bits per heavy atom. The third-order valence-electron chi connectivity index (χ3n) is 5.02. The molecule has 0 radical (unpaired) electrons. The van der Waals surface area contributed by atoms with Crippen molar-refractivity contribution in [1.82, 2.24) is 0 Å². The summed E-state index contributed by atoms with van der Waals surface area (Å²) in [5, 5.41) is 23.8. The van der Waals surface area contributed by atoms with Crippen LogP contribution in [-0.2, 0) is 5.72 Å². The molecule has 9 heteroatoms. The second kappa shape index (κ2) is 8.73. The van der Waals surface area contributed by atoms with Gasteiger partial charge in [0.25, 0.3) is 11.4 Å². The summed E-state index contributed by atoms with van der Waals surface area (Å²) in [6.45, 7) is 3.57. The van der Waals surface area contributed by atoms with Crippen molar-refractivity contribution in [3.05, 3.63) is 64.2 Å². The number of rotatable bonds is 5. The number of ether oxygens (including phenoxy) is 1. The van der Waals surface area contributed by atoms with Gasteiger partial charge in [0.05, 0.1) is 18.1 Å². The Morgan fingerprint density at radius 3 is 2.76 bits per heavy atom. The van der Waals surface area contributed by atoms with Gasteiger partial charge >= 0.3 is 5.17 Å². The summed E-state index contributed by atoms with van der Waals surface area (Å²) in [4.78, 5) is 12.9. The zero-order chi connectivity index (χ0) is 19.7. The van der Waals surface area contributed by atoms with E-state index in [1.165, 1.54) is 12.1 Å². The molecule has 0 spiro atoms. The molecule has 2 aliphatic rings. The zero-order valence-corrected chi connectivity index (χ0v) is 18.4. The largest absolute Gasteiger partial charge is 1.00 e. The van der Waals surface area contributed by atoms with Gasteiger partial charge in [0.15, 0.2) is 6.54 Å². The number of aliphatic hydroxyl groups is 1. The van der Waals surface area contributed by atoms with Crippen molar-refractivity contribution in [2.24, 2.45) is 0 Å². The van der Waals surface area contributed by atoms with Crippen molar-refractivity contribution in [1.29, 1.82) is 0 Å². The molecule has 1 N–H and O–H groups in total. The van der Waals surface area contributed by atoms with Gasteiger partial charge in [0.1, 0.15) is 11.4 Å². The molecule has 2 heterocycles. The monoisotopic (exact) mass is 479 g/mol. The molecule has 4 rings (SSSR count). The second-order valence-corrected chi connectivity index (χ2v) is 7.84. The van der Waals surface area contributed by atoms with Crippen molar-refractivity contribution in [2.45, 2.75) is 19.1 Å². The first-order valence-electron chi connectivity index (χ1n) is 9.28. The minimum absolute atomic E-state index is 0. The van der Waals surface area contributed by atoms with E-state index in [1.807, 2.05) is 35.8 Å². The van der Waals surface area contributed by atoms with Gasteiger partial charge in [-0.15, -0.1) is 0 Å². The van der Waals surface area contributed by atoms with Gasteiger partial charge in [-0.05, 0) is 49.4 Å². The van der Waals surface area contributed by atoms with Crippen LogP contribution in [-0.4, -0.2) is 45.2 Å². The van der Waals surface area contributed by atoms with E-state index in [4.69, 9.17) is 4.74 Å². The normalized spacial score (nSPS) is 20.8. The fraction of sp³-hybridized carbons (Fsp3) is 0.350. The van der Waals surface area contributed by atoms with Gasteiger partial charge in [0.2, 0.25) is 0 Å². The predicted octanol–water partition coefficient (Wildman–Crippen LogP) is 0.168. The Labute approximate surface area is 183 Å². The van der Waals surface area contributed by atoms with Crippen LogP contribution in [0, 0.1) is 10.1 Å². The SMILES string of the molecule is CCOc1ccc(N2CC(O)(c3cccc([N+](=O)[O-])c3)[N+]3=C2SCCC3)cc1.[Br-]. The van der Waals surface area contributed by atoms with Crippen LogP contribution in [0.3, 0.4) is 0 Å². The van der Waals surface area contributed by atoms with E-state index in [2.05, 4.69) is 4.90 Å². The smallest absolute Gasteiger partial charge is 0.316 e. The lowest BCUT2D eigenvalue weighted by Gasteiger charge is -2.24. The molecule has 0 aliphatic carbocycles. The van der Waals surface area contributed by atoms with E-state index in [0.717, 1.165) is 28.8 Å². The fourth-order valence-electron chi connectivity index (χ4n) is 3.71. The van der Waals surface area contributed by atoms with E-state index in [0.29, 0.717) is 25.3 Å². The van der Waals surface area contributed by atoms with E-state index in [1.54, 1.807) is 23.9 Å². The number of nitro benzene ring substituents is 1. The molecule has 2 aromatic carbocycles. The Morgan fingerprint density at radius 1 is 1.31 bits per heavy atom. The number of hydrogen-bond donors (Lipinski definition) is 1. The third-order valence-corrected chi connectivity index (χ3v) is 6.21. The number of thioether (sulfide) groups is 1. The minimum atomic E-state index is -1.31. The molecule has 2 aromatic rings. The summed E-state index contributed by atoms with van der Waals surface area (Å²) < 4.78 is 7.49. The number of nitrogens with zero attached hydrogens (tertiary/aromatic N) is 3. The maximum atomic E-state index is 11.6. The summed E-state index contributed by atoms with van der Waals surface area (Å²) in [5.74, 6) is 1.78. The first-order chi connectivity index (χ1) is 13.5. The van der Waals surface area contributed by atoms with Crippen molar-refractivity contribution in [2.75, 3.05) is 30.3 Å². The summed E-state index contributed by atoms with van der Waals surface area (Å²) in [6, 6.07) is 14.1. The number of amidine groups is 1. The first kappa shape index (κ1) is 21.6. The van der Waals surface area contributed by atoms with Crippen LogP contribution >= 0.6 is 11.8 Å². The Kier molecular flexibility index (Phi) is 6.50. The molecule has 2 aliphatic heterocycles. The summed E-state index contributed by atoms with van der Waals surface area (Å²) in [6.07, 6.45) is 0.947. The predicted molar refractivity (Wildman–Crippen MR) is 109 cm³/mol. The highest BCUT2D eigenvalue weighted by molar-refractivity contribution is 8.13. The highest BCUT2D eigenvalue weighted by atomic mass is 79.9. The number of non-ortho nitro benzene ring substituents is 1. The van der Waals surface area contributed by atoms with Crippen LogP contribution in [0.1, 0.15) is 18.9 Å². The molecule has 1 atom stereocenters. The van der Waals surface area contributed by atoms with E-state index in [-0.39, 0.29) is 22.7 Å². The quantitative estimate of drug-likeness (QED) is 0.374. The number of benzene rings is 2. The van der Waals surface area contributed by atoms with Crippen molar-refractivity contribution >= 4 is 28.3 Å². The topological polar surface area (TPSA) is 78.9 Å². The Hall–Kier alpha value is -2.10. The Bertz CT molecular complexity index is 938. The van der Waals surface area contributed by atoms with Crippen LogP contribution in [0.15, 0.2) is 48.5 Å².